The maximum atomic E-state index is 12.7. The first kappa shape index (κ1) is 22.0. The van der Waals surface area contributed by atoms with Crippen molar-refractivity contribution < 1.29 is 9.53 Å². The summed E-state index contributed by atoms with van der Waals surface area (Å²) in [6.07, 6.45) is 1.80. The lowest BCUT2D eigenvalue weighted by Crippen LogP contribution is -2.15. The van der Waals surface area contributed by atoms with E-state index in [0.717, 1.165) is 22.7 Å². The molecule has 4 aromatic rings. The molecule has 0 aliphatic carbocycles. The SMILES string of the molecule is CCCc1nn2c(=O)cc(CSc3ccccc3NC(=O)c3cccc(OC)c3)nc2s1. The minimum atomic E-state index is -0.220. The van der Waals surface area contributed by atoms with Crippen molar-refractivity contribution in [1.82, 2.24) is 14.6 Å². The highest BCUT2D eigenvalue weighted by atomic mass is 32.2. The summed E-state index contributed by atoms with van der Waals surface area (Å²) in [6, 6.07) is 16.1. The summed E-state index contributed by atoms with van der Waals surface area (Å²) in [5.41, 5.74) is 1.72. The standard InChI is InChI=1S/C23H22N4O3S2/c1-3-7-20-26-27-21(28)13-16(24-23(27)32-20)14-31-19-11-5-4-10-18(19)25-22(29)15-8-6-9-17(12-15)30-2/h4-6,8-13H,3,7,14H2,1-2H3,(H,25,29). The van der Waals surface area contributed by atoms with Crippen LogP contribution in [0.4, 0.5) is 5.69 Å². The number of carbonyl (C=O) groups excluding carboxylic acids is 1. The van der Waals surface area contributed by atoms with Crippen molar-refractivity contribution in [3.8, 4) is 5.75 Å². The molecule has 9 heteroatoms. The number of methoxy groups -OCH3 is 1. The number of carbonyl (C=O) groups is 1. The molecule has 7 nitrogen and oxygen atoms in total. The molecule has 32 heavy (non-hydrogen) atoms. The molecule has 0 unspecified atom stereocenters. The number of nitrogens with one attached hydrogen (secondary N) is 1. The summed E-state index contributed by atoms with van der Waals surface area (Å²) in [6.45, 7) is 2.08. The highest BCUT2D eigenvalue weighted by Crippen LogP contribution is 2.30. The lowest BCUT2D eigenvalue weighted by Gasteiger charge is -2.11. The summed E-state index contributed by atoms with van der Waals surface area (Å²) >= 11 is 2.96. The maximum Gasteiger partial charge on any atom is 0.275 e. The number of anilines is 1. The Morgan fingerprint density at radius 2 is 2.03 bits per heavy atom. The molecule has 0 saturated carbocycles. The molecule has 0 bridgehead atoms. The van der Waals surface area contributed by atoms with Crippen LogP contribution in [0.25, 0.3) is 4.96 Å². The molecule has 0 radical (unpaired) electrons. The zero-order valence-electron chi connectivity index (χ0n) is 17.7. The highest BCUT2D eigenvalue weighted by molar-refractivity contribution is 7.98. The van der Waals surface area contributed by atoms with E-state index in [1.54, 1.807) is 31.4 Å². The Morgan fingerprint density at radius 1 is 1.19 bits per heavy atom. The van der Waals surface area contributed by atoms with Crippen LogP contribution in [-0.2, 0) is 12.2 Å². The largest absolute Gasteiger partial charge is 0.497 e. The van der Waals surface area contributed by atoms with Crippen LogP contribution < -0.4 is 15.6 Å². The summed E-state index contributed by atoms with van der Waals surface area (Å²) in [5, 5.41) is 8.22. The number of ether oxygens (including phenoxy) is 1. The van der Waals surface area contributed by atoms with E-state index < -0.39 is 0 Å². The number of nitrogens with zero attached hydrogens (tertiary/aromatic N) is 3. The van der Waals surface area contributed by atoms with Gasteiger partial charge in [0.05, 0.1) is 18.5 Å². The molecule has 0 aliphatic heterocycles. The molecule has 2 aromatic carbocycles. The van der Waals surface area contributed by atoms with Gasteiger partial charge in [0.1, 0.15) is 10.8 Å². The third kappa shape index (κ3) is 5.00. The fourth-order valence-corrected chi connectivity index (χ4v) is 5.01. The van der Waals surface area contributed by atoms with Gasteiger partial charge in [-0.05, 0) is 36.8 Å². The maximum absolute atomic E-state index is 12.7. The third-order valence-corrected chi connectivity index (χ3v) is 6.72. The van der Waals surface area contributed by atoms with Gasteiger partial charge in [-0.15, -0.1) is 11.8 Å². The molecule has 0 spiro atoms. The molecule has 0 saturated heterocycles. The summed E-state index contributed by atoms with van der Waals surface area (Å²) < 4.78 is 6.57. The zero-order chi connectivity index (χ0) is 22.5. The van der Waals surface area contributed by atoms with Gasteiger partial charge in [0.25, 0.3) is 11.5 Å². The third-order valence-electron chi connectivity index (χ3n) is 4.65. The molecule has 4 rings (SSSR count). The van der Waals surface area contributed by atoms with Crippen LogP contribution in [-0.4, -0.2) is 27.6 Å². The van der Waals surface area contributed by atoms with Crippen LogP contribution in [0, 0.1) is 0 Å². The summed E-state index contributed by atoms with van der Waals surface area (Å²) in [4.78, 5) is 31.3. The van der Waals surface area contributed by atoms with E-state index in [0.29, 0.717) is 33.4 Å². The molecule has 1 N–H and O–H groups in total. The first-order valence-corrected chi connectivity index (χ1v) is 11.9. The van der Waals surface area contributed by atoms with Gasteiger partial charge >= 0.3 is 0 Å². The van der Waals surface area contributed by atoms with E-state index >= 15 is 0 Å². The Balaban J connectivity index is 1.51. The zero-order valence-corrected chi connectivity index (χ0v) is 19.3. The number of para-hydroxylation sites is 1. The van der Waals surface area contributed by atoms with Crippen LogP contribution in [0.5, 0.6) is 5.75 Å². The number of aryl methyl sites for hydroxylation is 1. The Labute approximate surface area is 193 Å². The van der Waals surface area contributed by atoms with E-state index in [1.165, 1.54) is 33.7 Å². The smallest absolute Gasteiger partial charge is 0.275 e. The van der Waals surface area contributed by atoms with Gasteiger partial charge in [0.2, 0.25) is 4.96 Å². The predicted molar refractivity (Wildman–Crippen MR) is 128 cm³/mol. The van der Waals surface area contributed by atoms with Gasteiger partial charge in [-0.25, -0.2) is 4.98 Å². The van der Waals surface area contributed by atoms with Crippen LogP contribution in [0.2, 0.25) is 0 Å². The van der Waals surface area contributed by atoms with E-state index in [2.05, 4.69) is 22.3 Å². The van der Waals surface area contributed by atoms with E-state index in [9.17, 15) is 9.59 Å². The fraction of sp³-hybridized carbons (Fsp3) is 0.217. The quantitative estimate of drug-likeness (QED) is 0.380. The van der Waals surface area contributed by atoms with Gasteiger partial charge < -0.3 is 10.1 Å². The first-order chi connectivity index (χ1) is 15.6. The number of rotatable bonds is 8. The average Bonchev–Trinajstić information content (AvgIpc) is 3.22. The van der Waals surface area contributed by atoms with E-state index in [4.69, 9.17) is 4.74 Å². The van der Waals surface area contributed by atoms with Crippen LogP contribution in [0.15, 0.2) is 64.3 Å². The molecule has 164 valence electrons. The molecular weight excluding hydrogens is 444 g/mol. The van der Waals surface area contributed by atoms with Gasteiger partial charge in [-0.3, -0.25) is 9.59 Å². The molecular formula is C23H22N4O3S2. The van der Waals surface area contributed by atoms with Crippen molar-refractivity contribution in [3.63, 3.8) is 0 Å². The topological polar surface area (TPSA) is 85.6 Å². The summed E-state index contributed by atoms with van der Waals surface area (Å²) in [5.74, 6) is 0.903. The molecule has 0 aliphatic rings. The summed E-state index contributed by atoms with van der Waals surface area (Å²) in [7, 11) is 1.57. The van der Waals surface area contributed by atoms with Crippen LogP contribution in [0.1, 0.15) is 34.4 Å². The lowest BCUT2D eigenvalue weighted by molar-refractivity contribution is 0.102. The predicted octanol–water partition coefficient (Wildman–Crippen LogP) is 4.66. The van der Waals surface area contributed by atoms with Crippen LogP contribution >= 0.6 is 23.1 Å². The normalized spacial score (nSPS) is 10.9. The Bertz CT molecular complexity index is 1320. The Kier molecular flexibility index (Phi) is 6.87. The van der Waals surface area contributed by atoms with Gasteiger partial charge in [-0.1, -0.05) is 36.5 Å². The number of hydrogen-bond donors (Lipinski definition) is 1. The lowest BCUT2D eigenvalue weighted by atomic mass is 10.2. The van der Waals surface area contributed by atoms with Crippen molar-refractivity contribution in [2.24, 2.45) is 0 Å². The van der Waals surface area contributed by atoms with Crippen molar-refractivity contribution in [2.45, 2.75) is 30.4 Å². The molecule has 1 amide bonds. The van der Waals surface area contributed by atoms with Gasteiger partial charge in [0, 0.05) is 28.7 Å². The van der Waals surface area contributed by atoms with Crippen molar-refractivity contribution in [3.05, 3.63) is 81.2 Å². The number of thioether (sulfide) groups is 1. The van der Waals surface area contributed by atoms with E-state index in [-0.39, 0.29) is 11.5 Å². The minimum absolute atomic E-state index is 0.177. The van der Waals surface area contributed by atoms with Crippen molar-refractivity contribution >= 4 is 39.7 Å². The highest BCUT2D eigenvalue weighted by Gasteiger charge is 2.12. The second-order valence-electron chi connectivity index (χ2n) is 7.00. The number of fused-ring (bicyclic) bond motifs is 1. The van der Waals surface area contributed by atoms with Crippen LogP contribution in [0.3, 0.4) is 0 Å². The van der Waals surface area contributed by atoms with Gasteiger partial charge in [0.15, 0.2) is 0 Å². The van der Waals surface area contributed by atoms with Crippen molar-refractivity contribution in [2.75, 3.05) is 12.4 Å². The average molecular weight is 467 g/mol. The Hall–Kier alpha value is -3.17. The molecule has 2 aromatic heterocycles. The minimum Gasteiger partial charge on any atom is -0.497 e. The number of aromatic nitrogens is 3. The number of benzene rings is 2. The molecule has 0 atom stereocenters. The first-order valence-electron chi connectivity index (χ1n) is 10.1. The van der Waals surface area contributed by atoms with E-state index in [1.807, 2.05) is 24.3 Å². The second-order valence-corrected chi connectivity index (χ2v) is 9.05. The fourth-order valence-electron chi connectivity index (χ4n) is 3.09. The second kappa shape index (κ2) is 9.97. The molecule has 0 fully saturated rings. The number of hydrogen-bond acceptors (Lipinski definition) is 7. The van der Waals surface area contributed by atoms with Crippen molar-refractivity contribution in [1.29, 1.82) is 0 Å². The van der Waals surface area contributed by atoms with Gasteiger partial charge in [-0.2, -0.15) is 9.61 Å². The molecule has 2 heterocycles. The number of amides is 1. The monoisotopic (exact) mass is 466 g/mol. The Morgan fingerprint density at radius 3 is 2.84 bits per heavy atom.